The van der Waals surface area contributed by atoms with E-state index in [0.29, 0.717) is 17.8 Å². The van der Waals surface area contributed by atoms with E-state index in [1.54, 1.807) is 18.3 Å². The minimum absolute atomic E-state index is 0.141. The lowest BCUT2D eigenvalue weighted by atomic mass is 10.2. The van der Waals surface area contributed by atoms with Crippen LogP contribution in [0, 0.1) is 0 Å². The maximum absolute atomic E-state index is 12.5. The SMILES string of the molecule is O=c1oc2cc(NCC(O)CCl)ccc2cc1-n1cc(-c2ccccc2)nn1. The molecule has 0 bridgehead atoms. The number of rotatable bonds is 6. The average Bonchev–Trinajstić information content (AvgIpc) is 3.22. The van der Waals surface area contributed by atoms with Crippen LogP contribution in [0.1, 0.15) is 0 Å². The first kappa shape index (κ1) is 18.2. The quantitative estimate of drug-likeness (QED) is 0.384. The van der Waals surface area contributed by atoms with E-state index < -0.39 is 11.7 Å². The van der Waals surface area contributed by atoms with Crippen LogP contribution in [0.5, 0.6) is 0 Å². The molecule has 0 aliphatic rings. The molecule has 28 heavy (non-hydrogen) atoms. The molecule has 1 unspecified atom stereocenters. The number of aromatic nitrogens is 3. The van der Waals surface area contributed by atoms with Crippen LogP contribution in [-0.4, -0.2) is 38.6 Å². The summed E-state index contributed by atoms with van der Waals surface area (Å²) < 4.78 is 6.88. The van der Waals surface area contributed by atoms with E-state index in [4.69, 9.17) is 16.0 Å². The van der Waals surface area contributed by atoms with E-state index >= 15 is 0 Å². The van der Waals surface area contributed by atoms with Crippen LogP contribution < -0.4 is 10.9 Å². The topological polar surface area (TPSA) is 93.2 Å². The van der Waals surface area contributed by atoms with Gasteiger partial charge in [-0.3, -0.25) is 0 Å². The lowest BCUT2D eigenvalue weighted by Crippen LogP contribution is -2.20. The molecule has 2 heterocycles. The second kappa shape index (κ2) is 7.84. The molecule has 0 radical (unpaired) electrons. The fraction of sp³-hybridized carbons (Fsp3) is 0.150. The first-order chi connectivity index (χ1) is 13.6. The lowest BCUT2D eigenvalue weighted by molar-refractivity contribution is 0.211. The Morgan fingerprint density at radius 3 is 2.79 bits per heavy atom. The predicted octanol–water partition coefficient (Wildman–Crippen LogP) is 3.05. The summed E-state index contributed by atoms with van der Waals surface area (Å²) in [4.78, 5) is 12.5. The van der Waals surface area contributed by atoms with E-state index in [9.17, 15) is 9.90 Å². The maximum atomic E-state index is 12.5. The molecule has 1 atom stereocenters. The number of nitrogens with one attached hydrogen (secondary N) is 1. The van der Waals surface area contributed by atoms with Crippen molar-refractivity contribution in [2.75, 3.05) is 17.7 Å². The molecule has 2 aromatic carbocycles. The molecule has 7 nitrogen and oxygen atoms in total. The van der Waals surface area contributed by atoms with E-state index in [1.807, 2.05) is 42.5 Å². The Hall–Kier alpha value is -3.16. The van der Waals surface area contributed by atoms with Crippen molar-refractivity contribution < 1.29 is 9.52 Å². The van der Waals surface area contributed by atoms with Gasteiger partial charge in [0.15, 0.2) is 5.69 Å². The number of hydrogen-bond acceptors (Lipinski definition) is 6. The van der Waals surface area contributed by atoms with Crippen LogP contribution >= 0.6 is 11.6 Å². The van der Waals surface area contributed by atoms with Crippen LogP contribution in [-0.2, 0) is 0 Å². The molecule has 8 heteroatoms. The van der Waals surface area contributed by atoms with Gasteiger partial charge in [-0.05, 0) is 18.2 Å². The van der Waals surface area contributed by atoms with Gasteiger partial charge in [-0.25, -0.2) is 9.48 Å². The Bertz CT molecular complexity index is 1160. The second-order valence-corrected chi connectivity index (χ2v) is 6.58. The zero-order valence-corrected chi connectivity index (χ0v) is 15.5. The summed E-state index contributed by atoms with van der Waals surface area (Å²) in [5, 5.41) is 21.5. The Morgan fingerprint density at radius 1 is 1.18 bits per heavy atom. The number of nitrogens with zero attached hydrogens (tertiary/aromatic N) is 3. The van der Waals surface area contributed by atoms with Crippen LogP contribution in [0.25, 0.3) is 27.9 Å². The standard InChI is InChI=1S/C20H17ClN4O3/c21-10-16(26)11-22-15-7-6-14-8-18(20(27)28-19(14)9-15)25-12-17(23-24-25)13-4-2-1-3-5-13/h1-9,12,16,22,26H,10-11H2. The number of hydrogen-bond donors (Lipinski definition) is 2. The molecule has 2 N–H and O–H groups in total. The molecular formula is C20H17ClN4O3. The summed E-state index contributed by atoms with van der Waals surface area (Å²) in [7, 11) is 0. The van der Waals surface area contributed by atoms with Crippen LogP contribution in [0.4, 0.5) is 5.69 Å². The molecule has 0 saturated heterocycles. The molecular weight excluding hydrogens is 380 g/mol. The Kier molecular flexibility index (Phi) is 5.10. The highest BCUT2D eigenvalue weighted by atomic mass is 35.5. The molecule has 142 valence electrons. The number of aliphatic hydroxyl groups excluding tert-OH is 1. The summed E-state index contributed by atoms with van der Waals surface area (Å²) in [6.07, 6.45) is 1.04. The Labute approximate surface area is 165 Å². The van der Waals surface area contributed by atoms with Gasteiger partial charge < -0.3 is 14.8 Å². The minimum atomic E-state index is -0.655. The van der Waals surface area contributed by atoms with Gasteiger partial charge in [0.2, 0.25) is 0 Å². The van der Waals surface area contributed by atoms with Crippen LogP contribution in [0.15, 0.2) is 70.0 Å². The molecule has 0 amide bonds. The molecule has 4 aromatic rings. The van der Waals surface area contributed by atoms with Gasteiger partial charge in [0.05, 0.1) is 18.2 Å². The number of benzene rings is 2. The number of anilines is 1. The summed E-state index contributed by atoms with van der Waals surface area (Å²) in [6, 6.07) is 16.7. The molecule has 0 aliphatic heterocycles. The number of halogens is 1. The van der Waals surface area contributed by atoms with Crippen molar-refractivity contribution in [2.45, 2.75) is 6.10 Å². The third-order valence-corrected chi connectivity index (χ3v) is 4.60. The van der Waals surface area contributed by atoms with E-state index in [0.717, 1.165) is 16.6 Å². The zero-order chi connectivity index (χ0) is 19.5. The molecule has 0 spiro atoms. The zero-order valence-electron chi connectivity index (χ0n) is 14.7. The van der Waals surface area contributed by atoms with Crippen molar-refractivity contribution in [3.8, 4) is 16.9 Å². The van der Waals surface area contributed by atoms with E-state index in [1.165, 1.54) is 4.68 Å². The number of aliphatic hydroxyl groups is 1. The largest absolute Gasteiger partial charge is 0.421 e. The summed E-state index contributed by atoms with van der Waals surface area (Å²) in [5.41, 5.74) is 2.49. The summed E-state index contributed by atoms with van der Waals surface area (Å²) >= 11 is 5.59. The third-order valence-electron chi connectivity index (χ3n) is 4.25. The summed E-state index contributed by atoms with van der Waals surface area (Å²) in [6.45, 7) is 0.304. The van der Waals surface area contributed by atoms with Gasteiger partial charge in [0.1, 0.15) is 11.3 Å². The van der Waals surface area contributed by atoms with Crippen molar-refractivity contribution in [1.82, 2.24) is 15.0 Å². The fourth-order valence-electron chi connectivity index (χ4n) is 2.78. The number of fused-ring (bicyclic) bond motifs is 1. The van der Waals surface area contributed by atoms with Gasteiger partial charge >= 0.3 is 5.63 Å². The van der Waals surface area contributed by atoms with Crippen molar-refractivity contribution in [2.24, 2.45) is 0 Å². The van der Waals surface area contributed by atoms with Crippen LogP contribution in [0.3, 0.4) is 0 Å². The highest BCUT2D eigenvalue weighted by Gasteiger charge is 2.12. The van der Waals surface area contributed by atoms with Crippen molar-refractivity contribution in [1.29, 1.82) is 0 Å². The summed E-state index contributed by atoms with van der Waals surface area (Å²) in [5.74, 6) is 0.141. The van der Waals surface area contributed by atoms with Crippen molar-refractivity contribution in [3.05, 3.63) is 71.2 Å². The maximum Gasteiger partial charge on any atom is 0.362 e. The predicted molar refractivity (Wildman–Crippen MR) is 108 cm³/mol. The average molecular weight is 397 g/mol. The second-order valence-electron chi connectivity index (χ2n) is 6.28. The molecule has 4 rings (SSSR count). The Balaban J connectivity index is 1.65. The van der Waals surface area contributed by atoms with E-state index in [2.05, 4.69) is 15.6 Å². The number of alkyl halides is 1. The van der Waals surface area contributed by atoms with Gasteiger partial charge in [0, 0.05) is 29.2 Å². The smallest absolute Gasteiger partial charge is 0.362 e. The highest BCUT2D eigenvalue weighted by Crippen LogP contribution is 2.21. The van der Waals surface area contributed by atoms with Gasteiger partial charge in [0.25, 0.3) is 0 Å². The van der Waals surface area contributed by atoms with Crippen LogP contribution in [0.2, 0.25) is 0 Å². The molecule has 0 saturated carbocycles. The van der Waals surface area contributed by atoms with Gasteiger partial charge in [-0.15, -0.1) is 16.7 Å². The normalized spacial score (nSPS) is 12.2. The fourth-order valence-corrected chi connectivity index (χ4v) is 2.89. The highest BCUT2D eigenvalue weighted by molar-refractivity contribution is 6.18. The first-order valence-corrected chi connectivity index (χ1v) is 9.21. The van der Waals surface area contributed by atoms with Gasteiger partial charge in [-0.1, -0.05) is 35.5 Å². The first-order valence-electron chi connectivity index (χ1n) is 8.68. The lowest BCUT2D eigenvalue weighted by Gasteiger charge is -2.10. The van der Waals surface area contributed by atoms with E-state index in [-0.39, 0.29) is 11.6 Å². The monoisotopic (exact) mass is 396 g/mol. The minimum Gasteiger partial charge on any atom is -0.421 e. The third kappa shape index (κ3) is 3.76. The molecule has 0 fully saturated rings. The molecule has 2 aromatic heterocycles. The van der Waals surface area contributed by atoms with Crippen molar-refractivity contribution in [3.63, 3.8) is 0 Å². The van der Waals surface area contributed by atoms with Gasteiger partial charge in [-0.2, -0.15) is 0 Å². The molecule has 0 aliphatic carbocycles. The van der Waals surface area contributed by atoms with Crippen molar-refractivity contribution >= 4 is 28.3 Å². The Morgan fingerprint density at radius 2 is 2.00 bits per heavy atom.